The van der Waals surface area contributed by atoms with Crippen molar-refractivity contribution in [3.05, 3.63) is 48.9 Å². The van der Waals surface area contributed by atoms with E-state index in [1.165, 1.54) is 6.33 Å². The van der Waals surface area contributed by atoms with Gasteiger partial charge >= 0.3 is 0 Å². The molecule has 0 saturated carbocycles. The van der Waals surface area contributed by atoms with Gasteiger partial charge in [-0.15, -0.1) is 0 Å². The minimum Gasteiger partial charge on any atom is -0.355 e. The summed E-state index contributed by atoms with van der Waals surface area (Å²) in [5.41, 5.74) is 2.39. The number of carbonyl (C=O) groups is 1. The van der Waals surface area contributed by atoms with Crippen molar-refractivity contribution in [3.8, 4) is 11.4 Å². The third-order valence-electron chi connectivity index (χ3n) is 5.51. The number of nitrogens with zero attached hydrogens (tertiary/aromatic N) is 6. The van der Waals surface area contributed by atoms with E-state index in [1.54, 1.807) is 6.33 Å². The van der Waals surface area contributed by atoms with Crippen molar-refractivity contribution in [1.82, 2.24) is 35.4 Å². The Morgan fingerprint density at radius 3 is 2.84 bits per heavy atom. The van der Waals surface area contributed by atoms with Crippen molar-refractivity contribution in [1.29, 1.82) is 0 Å². The van der Waals surface area contributed by atoms with E-state index in [4.69, 9.17) is 4.52 Å². The number of carbonyl (C=O) groups excluding carboxylic acids is 1. The number of amides is 1. The zero-order valence-corrected chi connectivity index (χ0v) is 16.9. The van der Waals surface area contributed by atoms with E-state index in [-0.39, 0.29) is 11.8 Å². The number of piperidine rings is 1. The molecule has 0 aliphatic carbocycles. The molecule has 0 spiro atoms. The lowest BCUT2D eigenvalue weighted by Gasteiger charge is -2.32. The van der Waals surface area contributed by atoms with E-state index in [1.807, 2.05) is 30.3 Å². The van der Waals surface area contributed by atoms with Gasteiger partial charge in [-0.3, -0.25) is 4.79 Å². The van der Waals surface area contributed by atoms with Crippen molar-refractivity contribution in [3.63, 3.8) is 0 Å². The quantitative estimate of drug-likeness (QED) is 0.487. The Morgan fingerprint density at radius 1 is 1.16 bits per heavy atom. The predicted molar refractivity (Wildman–Crippen MR) is 113 cm³/mol. The standard InChI is InChI=1S/C21H22N8O2/c30-21(22-9-6-16-27-18(28-31-16)14-4-2-1-3-5-14)15-7-10-29(11-8-15)20-17-19(24-12-23-17)25-13-26-20/h1-5,12-13,15H,6-11H2,(H,22,30)(H,23,24,25,26). The lowest BCUT2D eigenvalue weighted by Crippen LogP contribution is -2.41. The van der Waals surface area contributed by atoms with Crippen LogP contribution in [0.15, 0.2) is 47.5 Å². The summed E-state index contributed by atoms with van der Waals surface area (Å²) in [6, 6.07) is 9.66. The van der Waals surface area contributed by atoms with Crippen molar-refractivity contribution < 1.29 is 9.32 Å². The van der Waals surface area contributed by atoms with Crippen LogP contribution in [0.5, 0.6) is 0 Å². The number of fused-ring (bicyclic) bond motifs is 1. The molecule has 1 aliphatic heterocycles. The highest BCUT2D eigenvalue weighted by Crippen LogP contribution is 2.25. The molecule has 5 rings (SSSR count). The molecule has 10 nitrogen and oxygen atoms in total. The maximum atomic E-state index is 12.6. The van der Waals surface area contributed by atoms with E-state index in [0.717, 1.165) is 42.8 Å². The van der Waals surface area contributed by atoms with E-state index in [0.29, 0.717) is 30.3 Å². The van der Waals surface area contributed by atoms with E-state index < -0.39 is 0 Å². The van der Waals surface area contributed by atoms with Crippen LogP contribution in [0.1, 0.15) is 18.7 Å². The average molecular weight is 418 g/mol. The predicted octanol–water partition coefficient (Wildman–Crippen LogP) is 1.98. The third kappa shape index (κ3) is 4.09. The van der Waals surface area contributed by atoms with Gasteiger partial charge < -0.3 is 19.7 Å². The molecule has 1 amide bonds. The number of rotatable bonds is 6. The molecular weight excluding hydrogens is 396 g/mol. The fraction of sp³-hybridized carbons (Fsp3) is 0.333. The third-order valence-corrected chi connectivity index (χ3v) is 5.51. The number of hydrogen-bond acceptors (Lipinski definition) is 8. The van der Waals surface area contributed by atoms with Gasteiger partial charge in [0.25, 0.3) is 0 Å². The second-order valence-electron chi connectivity index (χ2n) is 7.48. The fourth-order valence-electron chi connectivity index (χ4n) is 3.84. The van der Waals surface area contributed by atoms with Crippen LogP contribution in [0.2, 0.25) is 0 Å². The Kier molecular flexibility index (Phi) is 5.26. The van der Waals surface area contributed by atoms with Crippen molar-refractivity contribution in [2.45, 2.75) is 19.3 Å². The topological polar surface area (TPSA) is 126 Å². The number of aromatic nitrogens is 6. The van der Waals surface area contributed by atoms with Crippen LogP contribution in [0.3, 0.4) is 0 Å². The largest absolute Gasteiger partial charge is 0.355 e. The van der Waals surface area contributed by atoms with Gasteiger partial charge in [0.15, 0.2) is 11.5 Å². The minimum absolute atomic E-state index is 0.0158. The minimum atomic E-state index is -0.0158. The van der Waals surface area contributed by atoms with Crippen LogP contribution in [-0.4, -0.2) is 55.6 Å². The number of benzene rings is 1. The summed E-state index contributed by atoms with van der Waals surface area (Å²) in [5.74, 6) is 1.97. The summed E-state index contributed by atoms with van der Waals surface area (Å²) in [5, 5.41) is 7.01. The summed E-state index contributed by atoms with van der Waals surface area (Å²) in [4.78, 5) is 35.0. The SMILES string of the molecule is O=C(NCCc1nc(-c2ccccc2)no1)C1CCN(c2ncnc3nc[nH]c23)CC1. The van der Waals surface area contributed by atoms with Crippen LogP contribution in [0, 0.1) is 5.92 Å². The van der Waals surface area contributed by atoms with Crippen LogP contribution in [0.25, 0.3) is 22.6 Å². The van der Waals surface area contributed by atoms with Crippen LogP contribution >= 0.6 is 0 Å². The van der Waals surface area contributed by atoms with Crippen molar-refractivity contribution >= 4 is 22.9 Å². The van der Waals surface area contributed by atoms with Gasteiger partial charge in [0.2, 0.25) is 17.6 Å². The average Bonchev–Trinajstić information content (AvgIpc) is 3.49. The molecule has 1 fully saturated rings. The maximum absolute atomic E-state index is 12.6. The fourth-order valence-corrected chi connectivity index (χ4v) is 3.84. The van der Waals surface area contributed by atoms with Crippen molar-refractivity contribution in [2.75, 3.05) is 24.5 Å². The molecule has 1 aliphatic rings. The van der Waals surface area contributed by atoms with Crippen LogP contribution < -0.4 is 10.2 Å². The first-order chi connectivity index (χ1) is 15.3. The highest BCUT2D eigenvalue weighted by molar-refractivity contribution is 5.83. The van der Waals surface area contributed by atoms with Crippen LogP contribution in [0.4, 0.5) is 5.82 Å². The number of hydrogen-bond donors (Lipinski definition) is 2. The number of aromatic amines is 1. The maximum Gasteiger partial charge on any atom is 0.228 e. The zero-order chi connectivity index (χ0) is 21.0. The lowest BCUT2D eigenvalue weighted by molar-refractivity contribution is -0.125. The molecule has 158 valence electrons. The summed E-state index contributed by atoms with van der Waals surface area (Å²) in [6.45, 7) is 1.98. The monoisotopic (exact) mass is 418 g/mol. The van der Waals surface area contributed by atoms with E-state index in [2.05, 4.69) is 40.3 Å². The molecule has 4 aromatic rings. The van der Waals surface area contributed by atoms with Gasteiger partial charge in [0.1, 0.15) is 11.8 Å². The first-order valence-corrected chi connectivity index (χ1v) is 10.3. The molecule has 0 radical (unpaired) electrons. The van der Waals surface area contributed by atoms with E-state index >= 15 is 0 Å². The number of anilines is 1. The Labute approximate surface area is 178 Å². The first-order valence-electron chi connectivity index (χ1n) is 10.3. The molecule has 10 heteroatoms. The van der Waals surface area contributed by atoms with Gasteiger partial charge in [-0.25, -0.2) is 15.0 Å². The number of H-pyrrole nitrogens is 1. The molecule has 1 aromatic carbocycles. The first kappa shape index (κ1) is 19.2. The highest BCUT2D eigenvalue weighted by atomic mass is 16.5. The Balaban J connectivity index is 1.11. The summed E-state index contributed by atoms with van der Waals surface area (Å²) < 4.78 is 5.30. The van der Waals surface area contributed by atoms with Gasteiger partial charge in [-0.05, 0) is 12.8 Å². The molecule has 4 heterocycles. The normalized spacial score (nSPS) is 14.8. The highest BCUT2D eigenvalue weighted by Gasteiger charge is 2.26. The second kappa shape index (κ2) is 8.50. The zero-order valence-electron chi connectivity index (χ0n) is 16.9. The molecule has 0 bridgehead atoms. The number of nitrogens with one attached hydrogen (secondary N) is 2. The molecule has 0 unspecified atom stereocenters. The Hall–Kier alpha value is -3.82. The van der Waals surface area contributed by atoms with Gasteiger partial charge in [-0.1, -0.05) is 35.5 Å². The molecular formula is C21H22N8O2. The lowest BCUT2D eigenvalue weighted by atomic mass is 9.96. The van der Waals surface area contributed by atoms with Gasteiger partial charge in [0.05, 0.1) is 6.33 Å². The molecule has 1 saturated heterocycles. The molecule has 2 N–H and O–H groups in total. The second-order valence-corrected chi connectivity index (χ2v) is 7.48. The molecule has 0 atom stereocenters. The smallest absolute Gasteiger partial charge is 0.228 e. The van der Waals surface area contributed by atoms with Gasteiger partial charge in [0, 0.05) is 37.5 Å². The molecule has 31 heavy (non-hydrogen) atoms. The summed E-state index contributed by atoms with van der Waals surface area (Å²) in [7, 11) is 0. The van der Waals surface area contributed by atoms with E-state index in [9.17, 15) is 4.79 Å². The van der Waals surface area contributed by atoms with Crippen LogP contribution in [-0.2, 0) is 11.2 Å². The van der Waals surface area contributed by atoms with Crippen molar-refractivity contribution in [2.24, 2.45) is 5.92 Å². The molecule has 3 aromatic heterocycles. The summed E-state index contributed by atoms with van der Waals surface area (Å²) >= 11 is 0. The summed E-state index contributed by atoms with van der Waals surface area (Å²) in [6.07, 6.45) is 5.19. The Morgan fingerprint density at radius 2 is 2.00 bits per heavy atom. The van der Waals surface area contributed by atoms with Gasteiger partial charge in [-0.2, -0.15) is 4.98 Å². The Bertz CT molecular complexity index is 1160. The number of imidazole rings is 1.